The summed E-state index contributed by atoms with van der Waals surface area (Å²) in [5.74, 6) is 4.25. The second kappa shape index (κ2) is 7.70. The van der Waals surface area contributed by atoms with E-state index in [0.29, 0.717) is 11.3 Å². The van der Waals surface area contributed by atoms with Crippen LogP contribution in [0.2, 0.25) is 0 Å². The van der Waals surface area contributed by atoms with Crippen LogP contribution in [-0.2, 0) is 4.74 Å². The summed E-state index contributed by atoms with van der Waals surface area (Å²) in [6, 6.07) is 7.47. The molecular weight excluding hydrogens is 354 g/mol. The van der Waals surface area contributed by atoms with E-state index >= 15 is 0 Å². The van der Waals surface area contributed by atoms with E-state index in [9.17, 15) is 9.59 Å². The van der Waals surface area contributed by atoms with Crippen LogP contribution in [0, 0.1) is 0 Å². The van der Waals surface area contributed by atoms with E-state index in [1.165, 1.54) is 11.6 Å². The third kappa shape index (κ3) is 3.52. The number of rotatable bonds is 6. The molecule has 0 spiro atoms. The molecular formula is C17H15N5O3S. The van der Waals surface area contributed by atoms with E-state index in [1.54, 1.807) is 13.2 Å². The first-order valence-electron chi connectivity index (χ1n) is 7.56. The average molecular weight is 369 g/mol. The van der Waals surface area contributed by atoms with Gasteiger partial charge < -0.3 is 15.6 Å². The van der Waals surface area contributed by atoms with Gasteiger partial charge in [-0.15, -0.1) is 11.3 Å². The molecule has 132 valence electrons. The summed E-state index contributed by atoms with van der Waals surface area (Å²) in [5, 5.41) is 5.96. The molecule has 0 fully saturated rings. The molecule has 0 atom stereocenters. The van der Waals surface area contributed by atoms with Crippen molar-refractivity contribution in [2.75, 3.05) is 13.7 Å². The Labute approximate surface area is 152 Å². The number of esters is 1. The number of carbonyl (C=O) groups is 2. The van der Waals surface area contributed by atoms with Gasteiger partial charge in [0.2, 0.25) is 5.78 Å². The van der Waals surface area contributed by atoms with E-state index in [1.807, 2.05) is 24.3 Å². The van der Waals surface area contributed by atoms with E-state index in [2.05, 4.69) is 20.1 Å². The Morgan fingerprint density at radius 1 is 1.38 bits per heavy atom. The molecule has 26 heavy (non-hydrogen) atoms. The van der Waals surface area contributed by atoms with Gasteiger partial charge in [-0.1, -0.05) is 18.2 Å². The standard InChI is InChI=1S/C17H15N5O3S/c1-19-6-10(22-18)8-25-17(24)14-9-26-16(21-14)15(23)12-7-20-13-5-3-2-4-11(12)13/h2-7,9,20H,8,18H2,1H3. The molecule has 0 aliphatic heterocycles. The number of nitrogens with zero attached hydrogens (tertiary/aromatic N) is 3. The number of nitrogens with two attached hydrogens (primary N) is 1. The van der Waals surface area contributed by atoms with Crippen LogP contribution in [-0.4, -0.2) is 47.3 Å². The lowest BCUT2D eigenvalue weighted by molar-refractivity contribution is 0.0559. The number of hydrogen-bond donors (Lipinski definition) is 2. The SMILES string of the molecule is CN=CC(COC(=O)c1csc(C(=O)c2c[nH]c3ccccc23)n1)=NN. The number of aliphatic imine (C=N–C) groups is 1. The normalized spacial score (nSPS) is 12.0. The van der Waals surface area contributed by atoms with Crippen molar-refractivity contribution < 1.29 is 14.3 Å². The largest absolute Gasteiger partial charge is 0.454 e. The van der Waals surface area contributed by atoms with Gasteiger partial charge in [-0.25, -0.2) is 9.78 Å². The second-order valence-electron chi connectivity index (χ2n) is 5.20. The van der Waals surface area contributed by atoms with Crippen molar-refractivity contribution in [3.05, 3.63) is 52.1 Å². The molecule has 0 aliphatic carbocycles. The highest BCUT2D eigenvalue weighted by atomic mass is 32.1. The zero-order valence-electron chi connectivity index (χ0n) is 13.8. The first kappa shape index (κ1) is 17.5. The number of thiazole rings is 1. The number of aromatic amines is 1. The van der Waals surface area contributed by atoms with E-state index < -0.39 is 5.97 Å². The zero-order chi connectivity index (χ0) is 18.5. The van der Waals surface area contributed by atoms with Crippen LogP contribution in [0.25, 0.3) is 10.9 Å². The van der Waals surface area contributed by atoms with Crippen LogP contribution >= 0.6 is 11.3 Å². The number of carbonyl (C=O) groups excluding carboxylic acids is 2. The van der Waals surface area contributed by atoms with Crippen LogP contribution in [0.15, 0.2) is 45.9 Å². The highest BCUT2D eigenvalue weighted by Gasteiger charge is 2.20. The third-order valence-corrected chi connectivity index (χ3v) is 4.38. The lowest BCUT2D eigenvalue weighted by Gasteiger charge is -2.01. The van der Waals surface area contributed by atoms with Crippen molar-refractivity contribution in [2.24, 2.45) is 15.9 Å². The average Bonchev–Trinajstić information content (AvgIpc) is 3.31. The Kier molecular flexibility index (Phi) is 5.18. The highest BCUT2D eigenvalue weighted by Crippen LogP contribution is 2.22. The summed E-state index contributed by atoms with van der Waals surface area (Å²) in [6.07, 6.45) is 3.03. The van der Waals surface area contributed by atoms with E-state index in [4.69, 9.17) is 10.6 Å². The summed E-state index contributed by atoms with van der Waals surface area (Å²) in [5.41, 5.74) is 1.74. The molecule has 0 aliphatic rings. The van der Waals surface area contributed by atoms with Crippen molar-refractivity contribution in [3.8, 4) is 0 Å². The highest BCUT2D eigenvalue weighted by molar-refractivity contribution is 7.12. The van der Waals surface area contributed by atoms with Crippen LogP contribution in [0.1, 0.15) is 25.9 Å². The van der Waals surface area contributed by atoms with Crippen LogP contribution < -0.4 is 5.84 Å². The zero-order valence-corrected chi connectivity index (χ0v) is 14.6. The van der Waals surface area contributed by atoms with Gasteiger partial charge in [-0.05, 0) is 6.07 Å². The Bertz CT molecular complexity index is 1020. The van der Waals surface area contributed by atoms with Gasteiger partial charge in [0, 0.05) is 35.7 Å². The molecule has 0 bridgehead atoms. The maximum atomic E-state index is 12.7. The predicted octanol–water partition coefficient (Wildman–Crippen LogP) is 2.03. The number of para-hydroxylation sites is 1. The van der Waals surface area contributed by atoms with Crippen molar-refractivity contribution in [3.63, 3.8) is 0 Å². The summed E-state index contributed by atoms with van der Waals surface area (Å²) >= 11 is 1.09. The van der Waals surface area contributed by atoms with Crippen LogP contribution in [0.5, 0.6) is 0 Å². The molecule has 0 saturated carbocycles. The number of benzene rings is 1. The van der Waals surface area contributed by atoms with Gasteiger partial charge in [-0.3, -0.25) is 9.79 Å². The maximum absolute atomic E-state index is 12.7. The van der Waals surface area contributed by atoms with Gasteiger partial charge in [0.15, 0.2) is 10.7 Å². The number of hydrazone groups is 1. The Balaban J connectivity index is 1.75. The fourth-order valence-corrected chi connectivity index (χ4v) is 3.06. The number of nitrogens with one attached hydrogen (secondary N) is 1. The monoisotopic (exact) mass is 369 g/mol. The lowest BCUT2D eigenvalue weighted by atomic mass is 10.1. The smallest absolute Gasteiger partial charge is 0.358 e. The summed E-state index contributed by atoms with van der Waals surface area (Å²) in [6.45, 7) is -0.129. The minimum absolute atomic E-state index is 0.0583. The van der Waals surface area contributed by atoms with Gasteiger partial charge >= 0.3 is 5.97 Å². The number of fused-ring (bicyclic) bond motifs is 1. The minimum atomic E-state index is -0.662. The predicted molar refractivity (Wildman–Crippen MR) is 100 cm³/mol. The van der Waals surface area contributed by atoms with Crippen LogP contribution in [0.3, 0.4) is 0 Å². The summed E-state index contributed by atoms with van der Waals surface area (Å²) < 4.78 is 5.07. The topological polar surface area (TPSA) is 123 Å². The van der Waals surface area contributed by atoms with E-state index in [-0.39, 0.29) is 23.1 Å². The molecule has 9 heteroatoms. The van der Waals surface area contributed by atoms with Crippen molar-refractivity contribution in [1.82, 2.24) is 9.97 Å². The summed E-state index contributed by atoms with van der Waals surface area (Å²) in [4.78, 5) is 35.6. The summed E-state index contributed by atoms with van der Waals surface area (Å²) in [7, 11) is 1.55. The number of ether oxygens (including phenoxy) is 1. The molecule has 8 nitrogen and oxygen atoms in total. The van der Waals surface area contributed by atoms with Gasteiger partial charge in [-0.2, -0.15) is 5.10 Å². The van der Waals surface area contributed by atoms with E-state index in [0.717, 1.165) is 22.2 Å². The van der Waals surface area contributed by atoms with Crippen molar-refractivity contribution >= 4 is 45.9 Å². The minimum Gasteiger partial charge on any atom is -0.454 e. The molecule has 0 unspecified atom stereocenters. The number of ketones is 1. The van der Waals surface area contributed by atoms with Crippen LogP contribution in [0.4, 0.5) is 0 Å². The Hall–Kier alpha value is -3.33. The molecule has 3 aromatic rings. The fourth-order valence-electron chi connectivity index (χ4n) is 2.32. The molecule has 3 N–H and O–H groups in total. The second-order valence-corrected chi connectivity index (χ2v) is 6.06. The number of hydrogen-bond acceptors (Lipinski definition) is 8. The molecule has 0 radical (unpaired) electrons. The number of H-pyrrole nitrogens is 1. The quantitative estimate of drug-likeness (QED) is 0.226. The maximum Gasteiger partial charge on any atom is 0.358 e. The molecule has 2 aromatic heterocycles. The molecule has 2 heterocycles. The van der Waals surface area contributed by atoms with Gasteiger partial charge in [0.25, 0.3) is 0 Å². The molecule has 1 aromatic carbocycles. The molecule has 0 saturated heterocycles. The van der Waals surface area contributed by atoms with Crippen molar-refractivity contribution in [1.29, 1.82) is 0 Å². The van der Waals surface area contributed by atoms with Gasteiger partial charge in [0.05, 0.1) is 5.56 Å². The fraction of sp³-hybridized carbons (Fsp3) is 0.118. The number of aromatic nitrogens is 2. The Morgan fingerprint density at radius 2 is 2.19 bits per heavy atom. The first-order chi connectivity index (χ1) is 12.6. The Morgan fingerprint density at radius 3 is 2.96 bits per heavy atom. The molecule has 0 amide bonds. The lowest BCUT2D eigenvalue weighted by Crippen LogP contribution is -2.17. The first-order valence-corrected chi connectivity index (χ1v) is 8.44. The van der Waals surface area contributed by atoms with Crippen molar-refractivity contribution in [2.45, 2.75) is 0 Å². The van der Waals surface area contributed by atoms with Gasteiger partial charge in [0.1, 0.15) is 12.3 Å². The third-order valence-electron chi connectivity index (χ3n) is 3.54. The molecule has 3 rings (SSSR count).